The van der Waals surface area contributed by atoms with Gasteiger partial charge < -0.3 is 13.9 Å². The van der Waals surface area contributed by atoms with Gasteiger partial charge >= 0.3 is 17.6 Å². The maximum absolute atomic E-state index is 12.5. The molecule has 1 fully saturated rings. The van der Waals surface area contributed by atoms with Gasteiger partial charge in [0.05, 0.1) is 11.1 Å². The van der Waals surface area contributed by atoms with Crippen molar-refractivity contribution in [1.82, 2.24) is 9.55 Å². The van der Waals surface area contributed by atoms with Gasteiger partial charge in [-0.15, -0.1) is 11.8 Å². The molecule has 0 unspecified atom stereocenters. The predicted octanol–water partition coefficient (Wildman–Crippen LogP) is 2.69. The van der Waals surface area contributed by atoms with Crippen molar-refractivity contribution in [3.05, 3.63) is 32.6 Å². The van der Waals surface area contributed by atoms with Gasteiger partial charge in [0.1, 0.15) is 6.10 Å². The summed E-state index contributed by atoms with van der Waals surface area (Å²) in [5.41, 5.74) is -0.573. The quantitative estimate of drug-likeness (QED) is 0.395. The maximum atomic E-state index is 12.5. The van der Waals surface area contributed by atoms with E-state index in [1.54, 1.807) is 6.92 Å². The number of thioether (sulfide) groups is 1. The van der Waals surface area contributed by atoms with Gasteiger partial charge in [-0.05, 0) is 25.1 Å². The summed E-state index contributed by atoms with van der Waals surface area (Å²) in [6, 6.07) is 0. The lowest BCUT2D eigenvalue weighted by Crippen LogP contribution is -2.60. The molecule has 1 aromatic heterocycles. The van der Waals surface area contributed by atoms with Crippen molar-refractivity contribution in [3.8, 4) is 0 Å². The van der Waals surface area contributed by atoms with Crippen molar-refractivity contribution in [2.75, 3.05) is 5.75 Å². The molecule has 0 spiro atoms. The summed E-state index contributed by atoms with van der Waals surface area (Å²) in [7, 11) is -2.38. The Hall–Kier alpha value is -1.85. The summed E-state index contributed by atoms with van der Waals surface area (Å²) in [5.74, 6) is -2.71. The van der Waals surface area contributed by atoms with Crippen molar-refractivity contribution < 1.29 is 23.5 Å². The third-order valence-electron chi connectivity index (χ3n) is 5.72. The number of carbonyl (C=O) groups excluding carboxylic acids is 2. The van der Waals surface area contributed by atoms with Crippen molar-refractivity contribution >= 4 is 32.0 Å². The largest absolute Gasteiger partial charge is 0.419 e. The molecule has 0 radical (unpaired) electrons. The molecule has 1 aliphatic rings. The molecule has 11 heteroatoms. The fourth-order valence-electron chi connectivity index (χ4n) is 3.10. The average molecular weight is 473 g/mol. The number of hydrogen-bond donors (Lipinski definition) is 1. The Balaban J connectivity index is 2.53. The normalized spacial score (nSPS) is 21.4. The minimum absolute atomic E-state index is 0.0841. The second kappa shape index (κ2) is 8.95. The first-order valence-electron chi connectivity index (χ1n) is 10.1. The summed E-state index contributed by atoms with van der Waals surface area (Å²) in [4.78, 5) is 50.4. The molecule has 174 valence electrons. The van der Waals surface area contributed by atoms with Crippen LogP contribution >= 0.6 is 11.8 Å². The highest BCUT2D eigenvalue weighted by molar-refractivity contribution is 7.99. The summed E-state index contributed by atoms with van der Waals surface area (Å²) < 4.78 is 19.2. The predicted molar refractivity (Wildman–Crippen MR) is 121 cm³/mol. The SMILES string of the molecule is CC(=O)OC1(OC(C)=O)CS[C@@H](n2cc(C)c(=O)[nH]c2=O)C[C@@H]1O[Si](C)(C)C(C)(C)C. The first-order valence-corrected chi connectivity index (χ1v) is 14.0. The number of H-pyrrole nitrogens is 1. The first kappa shape index (κ1) is 25.4. The summed E-state index contributed by atoms with van der Waals surface area (Å²) in [6.07, 6.45) is 0.960. The van der Waals surface area contributed by atoms with Gasteiger partial charge in [0.2, 0.25) is 0 Å². The van der Waals surface area contributed by atoms with Crippen LogP contribution < -0.4 is 11.2 Å². The molecule has 1 aromatic rings. The van der Waals surface area contributed by atoms with Gasteiger partial charge in [-0.25, -0.2) is 4.79 Å². The monoisotopic (exact) mass is 472 g/mol. The van der Waals surface area contributed by atoms with E-state index in [1.165, 1.54) is 36.4 Å². The Morgan fingerprint density at radius 2 is 1.74 bits per heavy atom. The molecule has 1 saturated heterocycles. The molecule has 0 bridgehead atoms. The third kappa shape index (κ3) is 5.69. The van der Waals surface area contributed by atoms with Gasteiger partial charge in [0, 0.05) is 32.0 Å². The number of aromatic nitrogens is 2. The number of nitrogens with zero attached hydrogens (tertiary/aromatic N) is 1. The van der Waals surface area contributed by atoms with E-state index in [4.69, 9.17) is 13.9 Å². The number of rotatable bonds is 5. The molecule has 0 amide bonds. The second-order valence-corrected chi connectivity index (χ2v) is 15.3. The fraction of sp³-hybridized carbons (Fsp3) is 0.700. The van der Waals surface area contributed by atoms with Crippen LogP contribution in [-0.2, 0) is 23.5 Å². The number of ether oxygens (including phenoxy) is 2. The van der Waals surface area contributed by atoms with Crippen LogP contribution in [-0.4, -0.2) is 47.5 Å². The number of aromatic amines is 1. The van der Waals surface area contributed by atoms with E-state index in [0.717, 1.165) is 0 Å². The topological polar surface area (TPSA) is 117 Å². The van der Waals surface area contributed by atoms with Crippen LogP contribution in [0.15, 0.2) is 15.8 Å². The average Bonchev–Trinajstić information content (AvgIpc) is 2.58. The molecular formula is C20H32N2O7SSi. The van der Waals surface area contributed by atoms with Crippen molar-refractivity contribution in [2.45, 2.75) is 83.4 Å². The lowest BCUT2D eigenvalue weighted by molar-refractivity contribution is -0.249. The summed E-state index contributed by atoms with van der Waals surface area (Å²) >= 11 is 1.30. The number of esters is 2. The molecule has 9 nitrogen and oxygen atoms in total. The molecule has 0 saturated carbocycles. The molecule has 2 rings (SSSR count). The van der Waals surface area contributed by atoms with Crippen LogP contribution in [0.4, 0.5) is 0 Å². The van der Waals surface area contributed by atoms with E-state index in [1.807, 2.05) is 13.1 Å². The van der Waals surface area contributed by atoms with Crippen molar-refractivity contribution in [3.63, 3.8) is 0 Å². The lowest BCUT2D eigenvalue weighted by Gasteiger charge is -2.48. The molecule has 2 heterocycles. The Morgan fingerprint density at radius 1 is 1.19 bits per heavy atom. The Morgan fingerprint density at radius 3 is 2.23 bits per heavy atom. The smallest absolute Gasteiger partial charge is 0.329 e. The molecule has 1 aliphatic heterocycles. The number of hydrogen-bond acceptors (Lipinski definition) is 8. The minimum atomic E-state index is -2.38. The molecular weight excluding hydrogens is 440 g/mol. The Kier molecular flexibility index (Phi) is 7.33. The van der Waals surface area contributed by atoms with Gasteiger partial charge in [0.25, 0.3) is 11.3 Å². The van der Waals surface area contributed by atoms with Crippen LogP contribution in [0.5, 0.6) is 0 Å². The summed E-state index contributed by atoms with van der Waals surface area (Å²) in [6.45, 7) is 14.4. The molecule has 2 atom stereocenters. The lowest BCUT2D eigenvalue weighted by atomic mass is 10.1. The van der Waals surface area contributed by atoms with Crippen LogP contribution in [0.25, 0.3) is 0 Å². The molecule has 1 N–H and O–H groups in total. The van der Waals surface area contributed by atoms with E-state index in [0.29, 0.717) is 5.56 Å². The van der Waals surface area contributed by atoms with E-state index in [2.05, 4.69) is 25.8 Å². The zero-order chi connectivity index (χ0) is 23.8. The second-order valence-electron chi connectivity index (χ2n) is 9.35. The molecule has 0 aromatic carbocycles. The van der Waals surface area contributed by atoms with E-state index in [-0.39, 0.29) is 17.2 Å². The highest BCUT2D eigenvalue weighted by Crippen LogP contribution is 2.46. The van der Waals surface area contributed by atoms with Gasteiger partial charge in [-0.3, -0.25) is 23.9 Å². The summed E-state index contributed by atoms with van der Waals surface area (Å²) in [5, 5.41) is -0.562. The minimum Gasteiger partial charge on any atom is -0.419 e. The zero-order valence-corrected chi connectivity index (χ0v) is 21.2. The highest BCUT2D eigenvalue weighted by Gasteiger charge is 2.54. The molecule has 0 aliphatic carbocycles. The van der Waals surface area contributed by atoms with Gasteiger partial charge in [-0.1, -0.05) is 20.8 Å². The van der Waals surface area contributed by atoms with Crippen LogP contribution in [0.2, 0.25) is 18.1 Å². The number of aryl methyl sites for hydroxylation is 1. The fourth-order valence-corrected chi connectivity index (χ4v) is 5.80. The Labute approximate surface area is 187 Å². The molecule has 31 heavy (non-hydrogen) atoms. The number of nitrogens with one attached hydrogen (secondary N) is 1. The van der Waals surface area contributed by atoms with E-state index in [9.17, 15) is 19.2 Å². The van der Waals surface area contributed by atoms with Crippen LogP contribution in [0, 0.1) is 6.92 Å². The number of carbonyl (C=O) groups is 2. The highest BCUT2D eigenvalue weighted by atomic mass is 32.2. The van der Waals surface area contributed by atoms with Crippen molar-refractivity contribution in [2.24, 2.45) is 0 Å². The van der Waals surface area contributed by atoms with Crippen molar-refractivity contribution in [1.29, 1.82) is 0 Å². The van der Waals surface area contributed by atoms with E-state index < -0.39 is 48.8 Å². The standard InChI is InChI=1S/C20H32N2O7SSi/c1-12-10-22(18(26)21-17(12)25)16-9-15(29-31(7,8)19(4,5)6)20(11-30-16,27-13(2)23)28-14(3)24/h10,15-16H,9,11H2,1-8H3,(H,21,25,26)/t15-,16+/m0/s1. The first-order chi connectivity index (χ1) is 14.1. The van der Waals surface area contributed by atoms with Gasteiger partial charge in [-0.2, -0.15) is 0 Å². The third-order valence-corrected chi connectivity index (χ3v) is 11.6. The zero-order valence-electron chi connectivity index (χ0n) is 19.4. The Bertz CT molecular complexity index is 948. The van der Waals surface area contributed by atoms with Crippen LogP contribution in [0.3, 0.4) is 0 Å². The van der Waals surface area contributed by atoms with Gasteiger partial charge in [0.15, 0.2) is 8.32 Å². The maximum Gasteiger partial charge on any atom is 0.329 e. The van der Waals surface area contributed by atoms with Crippen LogP contribution in [0.1, 0.15) is 52.0 Å². The van der Waals surface area contributed by atoms with E-state index >= 15 is 0 Å².